The van der Waals surface area contributed by atoms with E-state index < -0.39 is 5.97 Å². The number of anilines is 1. The number of hydrogen-bond donors (Lipinski definition) is 1. The first-order chi connectivity index (χ1) is 10.1. The van der Waals surface area contributed by atoms with Crippen molar-refractivity contribution in [2.24, 2.45) is 11.8 Å². The summed E-state index contributed by atoms with van der Waals surface area (Å²) in [4.78, 5) is 17.3. The van der Waals surface area contributed by atoms with E-state index in [4.69, 9.17) is 5.11 Å². The van der Waals surface area contributed by atoms with Crippen molar-refractivity contribution >= 4 is 22.4 Å². The molecule has 0 saturated carbocycles. The molecule has 1 aliphatic heterocycles. The molecule has 1 aliphatic rings. The van der Waals surface area contributed by atoms with Gasteiger partial charge in [-0.2, -0.15) is 0 Å². The molecule has 0 bridgehead atoms. The van der Waals surface area contributed by atoms with Crippen molar-refractivity contribution in [1.82, 2.24) is 15.2 Å². The summed E-state index contributed by atoms with van der Waals surface area (Å²) >= 11 is 1.50. The molecule has 1 fully saturated rings. The molecule has 21 heavy (non-hydrogen) atoms. The minimum atomic E-state index is -0.736. The quantitative estimate of drug-likeness (QED) is 0.932. The highest BCUT2D eigenvalue weighted by Crippen LogP contribution is 2.33. The molecular weight excluding hydrogens is 288 g/mol. The Kier molecular flexibility index (Phi) is 3.83. The number of nitrogens with zero attached hydrogens (tertiary/aromatic N) is 4. The molecule has 0 aliphatic carbocycles. The molecule has 110 valence electrons. The third-order valence-corrected chi connectivity index (χ3v) is 4.78. The molecule has 3 rings (SSSR count). The van der Waals surface area contributed by atoms with E-state index >= 15 is 0 Å². The summed E-state index contributed by atoms with van der Waals surface area (Å²) in [6.45, 7) is 3.65. The molecule has 0 amide bonds. The van der Waals surface area contributed by atoms with Gasteiger partial charge in [0.25, 0.3) is 0 Å². The monoisotopic (exact) mass is 304 g/mol. The fourth-order valence-electron chi connectivity index (χ4n) is 2.62. The predicted molar refractivity (Wildman–Crippen MR) is 80.3 cm³/mol. The Hall–Kier alpha value is -2.02. The third kappa shape index (κ3) is 3.02. The normalized spacial score (nSPS) is 21.7. The standard InChI is InChI=1S/C14H16N4O2S/c1-9-7-18(8-10(9)6-12(19)20)14-17-16-13(21-14)11-4-2-3-5-15-11/h2-5,9-10H,6-8H2,1H3,(H,19,20)/t9-,10-/m1/s1. The van der Waals surface area contributed by atoms with E-state index in [1.54, 1.807) is 6.20 Å². The minimum absolute atomic E-state index is 0.171. The van der Waals surface area contributed by atoms with Gasteiger partial charge < -0.3 is 10.0 Å². The second-order valence-electron chi connectivity index (χ2n) is 5.34. The summed E-state index contributed by atoms with van der Waals surface area (Å²) in [6, 6.07) is 5.69. The average Bonchev–Trinajstić information content (AvgIpc) is 3.07. The van der Waals surface area contributed by atoms with Gasteiger partial charge >= 0.3 is 5.97 Å². The van der Waals surface area contributed by atoms with Crippen molar-refractivity contribution in [3.05, 3.63) is 24.4 Å². The Morgan fingerprint density at radius 3 is 3.00 bits per heavy atom. The zero-order valence-electron chi connectivity index (χ0n) is 11.6. The number of carboxylic acid groups (broad SMARTS) is 1. The Labute approximate surface area is 126 Å². The maximum absolute atomic E-state index is 10.9. The second-order valence-corrected chi connectivity index (χ2v) is 6.30. The largest absolute Gasteiger partial charge is 0.481 e. The number of pyridine rings is 1. The third-order valence-electron chi connectivity index (χ3n) is 3.77. The van der Waals surface area contributed by atoms with Crippen molar-refractivity contribution in [3.63, 3.8) is 0 Å². The number of carboxylic acids is 1. The fourth-order valence-corrected chi connectivity index (χ4v) is 3.46. The van der Waals surface area contributed by atoms with Crippen LogP contribution in [0.1, 0.15) is 13.3 Å². The highest BCUT2D eigenvalue weighted by Gasteiger charge is 2.32. The maximum atomic E-state index is 10.9. The van der Waals surface area contributed by atoms with E-state index in [1.165, 1.54) is 11.3 Å². The van der Waals surface area contributed by atoms with Gasteiger partial charge in [-0.05, 0) is 24.0 Å². The van der Waals surface area contributed by atoms with Crippen LogP contribution in [0.3, 0.4) is 0 Å². The predicted octanol–water partition coefficient (Wildman–Crippen LogP) is 2.15. The number of carbonyl (C=O) groups is 1. The Morgan fingerprint density at radius 2 is 2.29 bits per heavy atom. The Bertz CT molecular complexity index is 631. The minimum Gasteiger partial charge on any atom is -0.481 e. The molecule has 1 N–H and O–H groups in total. The van der Waals surface area contributed by atoms with E-state index in [0.29, 0.717) is 5.92 Å². The van der Waals surface area contributed by atoms with Crippen LogP contribution in [-0.2, 0) is 4.79 Å². The number of aromatic nitrogens is 3. The highest BCUT2D eigenvalue weighted by molar-refractivity contribution is 7.18. The van der Waals surface area contributed by atoms with Crippen molar-refractivity contribution in [2.75, 3.05) is 18.0 Å². The number of rotatable bonds is 4. The zero-order chi connectivity index (χ0) is 14.8. The lowest BCUT2D eigenvalue weighted by atomic mass is 9.95. The Morgan fingerprint density at radius 1 is 1.43 bits per heavy atom. The van der Waals surface area contributed by atoms with Crippen LogP contribution >= 0.6 is 11.3 Å². The summed E-state index contributed by atoms with van der Waals surface area (Å²) < 4.78 is 0. The molecule has 7 heteroatoms. The van der Waals surface area contributed by atoms with E-state index in [1.807, 2.05) is 18.2 Å². The van der Waals surface area contributed by atoms with Gasteiger partial charge in [-0.25, -0.2) is 0 Å². The fraction of sp³-hybridized carbons (Fsp3) is 0.429. The Balaban J connectivity index is 1.74. The van der Waals surface area contributed by atoms with Crippen LogP contribution in [0.4, 0.5) is 5.13 Å². The van der Waals surface area contributed by atoms with Crippen LogP contribution in [0.25, 0.3) is 10.7 Å². The SMILES string of the molecule is C[C@@H]1CN(c2nnc(-c3ccccn3)s2)C[C@H]1CC(=O)O. The van der Waals surface area contributed by atoms with Crippen molar-refractivity contribution < 1.29 is 9.90 Å². The number of aliphatic carboxylic acids is 1. The molecule has 2 aromatic rings. The lowest BCUT2D eigenvalue weighted by molar-refractivity contribution is -0.138. The molecule has 6 nitrogen and oxygen atoms in total. The molecule has 0 aromatic carbocycles. The summed E-state index contributed by atoms with van der Waals surface area (Å²) in [5.41, 5.74) is 0.815. The molecule has 3 heterocycles. The first kappa shape index (κ1) is 13.9. The lowest BCUT2D eigenvalue weighted by Crippen LogP contribution is -2.20. The topological polar surface area (TPSA) is 79.2 Å². The maximum Gasteiger partial charge on any atom is 0.303 e. The van der Waals surface area contributed by atoms with Gasteiger partial charge in [-0.15, -0.1) is 10.2 Å². The average molecular weight is 304 g/mol. The van der Waals surface area contributed by atoms with Gasteiger partial charge in [-0.1, -0.05) is 24.3 Å². The van der Waals surface area contributed by atoms with Gasteiger partial charge in [0, 0.05) is 19.3 Å². The van der Waals surface area contributed by atoms with Crippen LogP contribution in [0, 0.1) is 11.8 Å². The summed E-state index contributed by atoms with van der Waals surface area (Å²) in [7, 11) is 0. The molecular formula is C14H16N4O2S. The van der Waals surface area contributed by atoms with Crippen LogP contribution in [-0.4, -0.2) is 39.3 Å². The van der Waals surface area contributed by atoms with Gasteiger partial charge in [0.1, 0.15) is 5.69 Å². The van der Waals surface area contributed by atoms with Gasteiger partial charge in [0.2, 0.25) is 5.13 Å². The molecule has 0 spiro atoms. The second kappa shape index (κ2) is 5.77. The number of hydrogen-bond acceptors (Lipinski definition) is 6. The van der Waals surface area contributed by atoms with Crippen LogP contribution in [0.5, 0.6) is 0 Å². The smallest absolute Gasteiger partial charge is 0.303 e. The van der Waals surface area contributed by atoms with E-state index in [9.17, 15) is 4.79 Å². The summed E-state index contributed by atoms with van der Waals surface area (Å²) in [5, 5.41) is 19.0. The summed E-state index contributed by atoms with van der Waals surface area (Å²) in [6.07, 6.45) is 1.95. The van der Waals surface area contributed by atoms with Crippen LogP contribution in [0.2, 0.25) is 0 Å². The van der Waals surface area contributed by atoms with E-state index in [2.05, 4.69) is 27.0 Å². The van der Waals surface area contributed by atoms with Crippen molar-refractivity contribution in [2.45, 2.75) is 13.3 Å². The van der Waals surface area contributed by atoms with Crippen molar-refractivity contribution in [1.29, 1.82) is 0 Å². The van der Waals surface area contributed by atoms with Gasteiger partial charge in [0.05, 0.1) is 6.42 Å². The lowest BCUT2D eigenvalue weighted by Gasteiger charge is -2.13. The van der Waals surface area contributed by atoms with Crippen molar-refractivity contribution in [3.8, 4) is 10.7 Å². The highest BCUT2D eigenvalue weighted by atomic mass is 32.1. The molecule has 1 saturated heterocycles. The summed E-state index contributed by atoms with van der Waals surface area (Å²) in [5.74, 6) is -0.215. The first-order valence-electron chi connectivity index (χ1n) is 6.85. The molecule has 2 atom stereocenters. The van der Waals surface area contributed by atoms with Gasteiger partial charge in [0.15, 0.2) is 5.01 Å². The van der Waals surface area contributed by atoms with Crippen LogP contribution < -0.4 is 4.90 Å². The van der Waals surface area contributed by atoms with Crippen LogP contribution in [0.15, 0.2) is 24.4 Å². The van der Waals surface area contributed by atoms with E-state index in [0.717, 1.165) is 28.9 Å². The molecule has 0 radical (unpaired) electrons. The van der Waals surface area contributed by atoms with E-state index in [-0.39, 0.29) is 12.3 Å². The van der Waals surface area contributed by atoms with Gasteiger partial charge in [-0.3, -0.25) is 9.78 Å². The zero-order valence-corrected chi connectivity index (χ0v) is 12.5. The first-order valence-corrected chi connectivity index (χ1v) is 7.67. The molecule has 0 unspecified atom stereocenters. The molecule has 2 aromatic heterocycles.